The average molecular weight is 408 g/mol. The van der Waals surface area contributed by atoms with Crippen molar-refractivity contribution in [3.05, 3.63) is 54.1 Å². The molecule has 3 heterocycles. The Morgan fingerprint density at radius 3 is 2.10 bits per heavy atom. The third-order valence-electron chi connectivity index (χ3n) is 5.24. The first-order valence-electron chi connectivity index (χ1n) is 9.71. The first-order valence-corrected chi connectivity index (χ1v) is 9.71. The van der Waals surface area contributed by atoms with Crippen LogP contribution in [0.1, 0.15) is 16.2 Å². The zero-order chi connectivity index (χ0) is 21.1. The Bertz CT molecular complexity index is 1000. The monoisotopic (exact) mass is 408 g/mol. The number of anilines is 1. The topological polar surface area (TPSA) is 85.6 Å². The van der Waals surface area contributed by atoms with Crippen LogP contribution in [0.25, 0.3) is 5.82 Å². The number of hydrogen-bond acceptors (Lipinski definition) is 7. The number of benzene rings is 1. The van der Waals surface area contributed by atoms with E-state index in [-0.39, 0.29) is 5.91 Å². The normalized spacial score (nSPS) is 14.0. The van der Waals surface area contributed by atoms with Crippen molar-refractivity contribution < 1.29 is 14.3 Å². The highest BCUT2D eigenvalue weighted by molar-refractivity contribution is 5.99. The van der Waals surface area contributed by atoms with Gasteiger partial charge in [0.15, 0.2) is 11.6 Å². The molecule has 0 unspecified atom stereocenters. The zero-order valence-corrected chi connectivity index (χ0v) is 17.3. The van der Waals surface area contributed by atoms with Crippen LogP contribution in [0.3, 0.4) is 0 Å². The van der Waals surface area contributed by atoms with Gasteiger partial charge in [-0.2, -0.15) is 0 Å². The molecular weight excluding hydrogens is 384 g/mol. The van der Waals surface area contributed by atoms with Crippen molar-refractivity contribution >= 4 is 11.7 Å². The largest absolute Gasteiger partial charge is 0.496 e. The molecule has 3 aromatic rings. The molecule has 9 nitrogen and oxygen atoms in total. The predicted octanol–water partition coefficient (Wildman–Crippen LogP) is 1.95. The van der Waals surface area contributed by atoms with Gasteiger partial charge < -0.3 is 19.3 Å². The number of aryl methyl sites for hydroxylation is 1. The fourth-order valence-corrected chi connectivity index (χ4v) is 3.59. The summed E-state index contributed by atoms with van der Waals surface area (Å²) in [6, 6.07) is 9.22. The lowest BCUT2D eigenvalue weighted by molar-refractivity contribution is 0.0739. The Hall–Kier alpha value is -3.62. The van der Waals surface area contributed by atoms with E-state index in [0.717, 1.165) is 17.5 Å². The van der Waals surface area contributed by atoms with E-state index in [1.165, 1.54) is 0 Å². The van der Waals surface area contributed by atoms with Crippen LogP contribution < -0.4 is 14.4 Å². The Morgan fingerprint density at radius 1 is 0.933 bits per heavy atom. The van der Waals surface area contributed by atoms with E-state index < -0.39 is 0 Å². The molecule has 1 aliphatic rings. The maximum atomic E-state index is 13.1. The van der Waals surface area contributed by atoms with Crippen molar-refractivity contribution in [1.82, 2.24) is 24.6 Å². The molecule has 0 N–H and O–H groups in total. The van der Waals surface area contributed by atoms with E-state index >= 15 is 0 Å². The lowest BCUT2D eigenvalue weighted by Crippen LogP contribution is -2.49. The van der Waals surface area contributed by atoms with Crippen LogP contribution in [0.2, 0.25) is 0 Å². The van der Waals surface area contributed by atoms with Crippen LogP contribution in [0.4, 0.5) is 5.82 Å². The minimum absolute atomic E-state index is 0.0963. The van der Waals surface area contributed by atoms with Crippen molar-refractivity contribution in [3.63, 3.8) is 0 Å². The quantitative estimate of drug-likeness (QED) is 0.638. The second kappa shape index (κ2) is 8.40. The van der Waals surface area contributed by atoms with E-state index in [2.05, 4.69) is 20.1 Å². The summed E-state index contributed by atoms with van der Waals surface area (Å²) in [5.41, 5.74) is 0.454. The minimum atomic E-state index is -0.0963. The molecule has 2 aromatic heterocycles. The van der Waals surface area contributed by atoms with Gasteiger partial charge in [-0.05, 0) is 31.2 Å². The molecule has 0 atom stereocenters. The summed E-state index contributed by atoms with van der Waals surface area (Å²) in [6.45, 7) is 4.40. The van der Waals surface area contributed by atoms with Crippen molar-refractivity contribution in [3.8, 4) is 17.3 Å². The number of amides is 1. The fraction of sp³-hybridized carbons (Fsp3) is 0.333. The van der Waals surface area contributed by atoms with Gasteiger partial charge in [-0.3, -0.25) is 9.36 Å². The number of nitrogens with zero attached hydrogens (tertiary/aromatic N) is 6. The molecule has 4 rings (SSSR count). The number of imidazole rings is 1. The second-order valence-electron chi connectivity index (χ2n) is 6.91. The van der Waals surface area contributed by atoms with Gasteiger partial charge in [-0.25, -0.2) is 4.98 Å². The van der Waals surface area contributed by atoms with Crippen molar-refractivity contribution in [2.75, 3.05) is 45.3 Å². The first-order chi connectivity index (χ1) is 14.6. The highest BCUT2D eigenvalue weighted by Crippen LogP contribution is 2.30. The van der Waals surface area contributed by atoms with Crippen molar-refractivity contribution in [1.29, 1.82) is 0 Å². The third-order valence-corrected chi connectivity index (χ3v) is 5.24. The van der Waals surface area contributed by atoms with E-state index in [1.807, 2.05) is 34.7 Å². The first kappa shape index (κ1) is 19.7. The van der Waals surface area contributed by atoms with Crippen molar-refractivity contribution in [2.24, 2.45) is 0 Å². The van der Waals surface area contributed by atoms with E-state index in [4.69, 9.17) is 9.47 Å². The lowest BCUT2D eigenvalue weighted by Gasteiger charge is -2.35. The molecule has 30 heavy (non-hydrogen) atoms. The molecule has 9 heteroatoms. The van der Waals surface area contributed by atoms with Gasteiger partial charge in [0.2, 0.25) is 0 Å². The van der Waals surface area contributed by atoms with Gasteiger partial charge in [-0.1, -0.05) is 6.07 Å². The number of rotatable bonds is 5. The predicted molar refractivity (Wildman–Crippen MR) is 112 cm³/mol. The Kier molecular flexibility index (Phi) is 5.51. The Balaban J connectivity index is 1.44. The number of piperazine rings is 1. The molecule has 0 radical (unpaired) electrons. The summed E-state index contributed by atoms with van der Waals surface area (Å²) < 4.78 is 12.6. The minimum Gasteiger partial charge on any atom is -0.496 e. The van der Waals surface area contributed by atoms with Crippen LogP contribution in [-0.2, 0) is 0 Å². The van der Waals surface area contributed by atoms with Crippen LogP contribution in [-0.4, -0.2) is 71.0 Å². The maximum absolute atomic E-state index is 13.1. The molecule has 0 aliphatic carbocycles. The molecule has 1 aliphatic heterocycles. The zero-order valence-electron chi connectivity index (χ0n) is 17.3. The summed E-state index contributed by atoms with van der Waals surface area (Å²) in [7, 11) is 3.11. The molecule has 1 saturated heterocycles. The summed E-state index contributed by atoms with van der Waals surface area (Å²) in [6.07, 6.45) is 3.59. The van der Waals surface area contributed by atoms with Gasteiger partial charge >= 0.3 is 0 Å². The van der Waals surface area contributed by atoms with Crippen LogP contribution in [0.5, 0.6) is 11.5 Å². The molecule has 1 aromatic carbocycles. The number of aromatic nitrogens is 4. The van der Waals surface area contributed by atoms with E-state index in [9.17, 15) is 4.79 Å². The number of carbonyl (C=O) groups excluding carboxylic acids is 1. The molecule has 0 saturated carbocycles. The second-order valence-corrected chi connectivity index (χ2v) is 6.91. The number of carbonyl (C=O) groups is 1. The molecule has 0 bridgehead atoms. The van der Waals surface area contributed by atoms with E-state index in [0.29, 0.717) is 43.2 Å². The standard InChI is InChI=1S/C21H24N6O3/c1-15-22-9-10-27(15)19-8-7-18(23-24-19)25-11-13-26(14-12-25)21(28)20-16(29-2)5-4-6-17(20)30-3/h4-10H,11-14H2,1-3H3. The van der Waals surface area contributed by atoms with Crippen molar-refractivity contribution in [2.45, 2.75) is 6.92 Å². The van der Waals surface area contributed by atoms with Crippen LogP contribution >= 0.6 is 0 Å². The van der Waals surface area contributed by atoms with Gasteiger partial charge in [0, 0.05) is 38.6 Å². The molecule has 1 fully saturated rings. The summed E-state index contributed by atoms with van der Waals surface area (Å²) in [5, 5.41) is 8.69. The highest BCUT2D eigenvalue weighted by atomic mass is 16.5. The number of methoxy groups -OCH3 is 2. The van der Waals surface area contributed by atoms with Gasteiger partial charge in [0.05, 0.1) is 14.2 Å². The summed E-state index contributed by atoms with van der Waals surface area (Å²) in [5.74, 6) is 3.30. The van der Waals surface area contributed by atoms with Crippen LogP contribution in [0.15, 0.2) is 42.7 Å². The van der Waals surface area contributed by atoms with Gasteiger partial charge in [0.25, 0.3) is 5.91 Å². The maximum Gasteiger partial charge on any atom is 0.261 e. The summed E-state index contributed by atoms with van der Waals surface area (Å²) >= 11 is 0. The Labute approximate surface area is 174 Å². The number of hydrogen-bond donors (Lipinski definition) is 0. The SMILES string of the molecule is COc1cccc(OC)c1C(=O)N1CCN(c2ccc(-n3ccnc3C)nn2)CC1. The molecule has 1 amide bonds. The number of ether oxygens (including phenoxy) is 2. The fourth-order valence-electron chi connectivity index (χ4n) is 3.59. The summed E-state index contributed by atoms with van der Waals surface area (Å²) in [4.78, 5) is 21.3. The highest BCUT2D eigenvalue weighted by Gasteiger charge is 2.27. The third kappa shape index (κ3) is 3.66. The smallest absolute Gasteiger partial charge is 0.261 e. The molecule has 156 valence electrons. The van der Waals surface area contributed by atoms with Gasteiger partial charge in [0.1, 0.15) is 22.9 Å². The Morgan fingerprint density at radius 2 is 1.57 bits per heavy atom. The average Bonchev–Trinajstić information content (AvgIpc) is 3.24. The van der Waals surface area contributed by atoms with Gasteiger partial charge in [-0.15, -0.1) is 10.2 Å². The van der Waals surface area contributed by atoms with E-state index in [1.54, 1.807) is 38.6 Å². The molecular formula is C21H24N6O3. The lowest BCUT2D eigenvalue weighted by atomic mass is 10.1. The molecule has 0 spiro atoms. The van der Waals surface area contributed by atoms with Crippen LogP contribution in [0, 0.1) is 6.92 Å².